The summed E-state index contributed by atoms with van der Waals surface area (Å²) in [5.41, 5.74) is 7.06. The van der Waals surface area contributed by atoms with Gasteiger partial charge in [-0.25, -0.2) is 4.98 Å². The van der Waals surface area contributed by atoms with E-state index in [1.54, 1.807) is 12.4 Å². The molecule has 0 aliphatic carbocycles. The Balaban J connectivity index is 2.88. The van der Waals surface area contributed by atoms with E-state index in [-0.39, 0.29) is 0 Å². The summed E-state index contributed by atoms with van der Waals surface area (Å²) in [7, 11) is 0. The fraction of sp³-hybridized carbons (Fsp3) is 0.300. The molecular weight excluding hydrogens is 291 g/mol. The maximum atomic E-state index is 5.91. The lowest BCUT2D eigenvalue weighted by Crippen LogP contribution is -2.04. The first-order chi connectivity index (χ1) is 7.69. The van der Waals surface area contributed by atoms with Gasteiger partial charge in [0.25, 0.3) is 0 Å². The summed E-state index contributed by atoms with van der Waals surface area (Å²) < 4.78 is 0.721. The summed E-state index contributed by atoms with van der Waals surface area (Å²) in [5.74, 6) is 0. The van der Waals surface area contributed by atoms with Crippen LogP contribution in [0.15, 0.2) is 29.2 Å². The normalized spacial score (nSPS) is 12.9. The molecule has 0 bridgehead atoms. The molecule has 0 unspecified atom stereocenters. The Morgan fingerprint density at radius 1 is 1.56 bits per heavy atom. The van der Waals surface area contributed by atoms with Crippen molar-refractivity contribution in [2.24, 2.45) is 10.7 Å². The molecule has 4 nitrogen and oxygen atoms in total. The van der Waals surface area contributed by atoms with Crippen molar-refractivity contribution in [1.29, 1.82) is 0 Å². The lowest BCUT2D eigenvalue weighted by molar-refractivity contribution is 1.03. The van der Waals surface area contributed by atoms with Gasteiger partial charge in [0.15, 0.2) is 5.15 Å². The molecular formula is C10H12BrClN4. The quantitative estimate of drug-likeness (QED) is 0.868. The highest BCUT2D eigenvalue weighted by atomic mass is 79.9. The Morgan fingerprint density at radius 2 is 2.25 bits per heavy atom. The van der Waals surface area contributed by atoms with Crippen molar-refractivity contribution >= 4 is 32.2 Å². The summed E-state index contributed by atoms with van der Waals surface area (Å²) in [4.78, 5) is 12.3. The maximum Gasteiger partial charge on any atom is 0.150 e. The van der Waals surface area contributed by atoms with Crippen LogP contribution in [0.3, 0.4) is 0 Å². The summed E-state index contributed by atoms with van der Waals surface area (Å²) in [6.07, 6.45) is 5.15. The summed E-state index contributed by atoms with van der Waals surface area (Å²) in [6.45, 7) is 2.64. The molecule has 1 aromatic rings. The van der Waals surface area contributed by atoms with Crippen LogP contribution in [0.5, 0.6) is 0 Å². The van der Waals surface area contributed by atoms with Crippen molar-refractivity contribution in [3.05, 3.63) is 35.0 Å². The smallest absolute Gasteiger partial charge is 0.150 e. The molecule has 0 saturated carbocycles. The van der Waals surface area contributed by atoms with Crippen LogP contribution < -0.4 is 5.73 Å². The van der Waals surface area contributed by atoms with Crippen molar-refractivity contribution < 1.29 is 0 Å². The number of hydrogen-bond donors (Lipinski definition) is 1. The first kappa shape index (κ1) is 13.1. The molecule has 0 radical (unpaired) electrons. The fourth-order valence-corrected chi connectivity index (χ4v) is 1.78. The van der Waals surface area contributed by atoms with Crippen molar-refractivity contribution in [2.75, 3.05) is 6.54 Å². The molecule has 0 fully saturated rings. The van der Waals surface area contributed by atoms with Gasteiger partial charge in [0, 0.05) is 37.1 Å². The molecule has 1 heterocycles. The Morgan fingerprint density at radius 3 is 2.81 bits per heavy atom. The molecule has 6 heteroatoms. The lowest BCUT2D eigenvalue weighted by Gasteiger charge is -2.05. The van der Waals surface area contributed by atoms with Crippen LogP contribution in [0.25, 0.3) is 0 Å². The predicted octanol–water partition coefficient (Wildman–Crippen LogP) is 2.33. The average Bonchev–Trinajstić information content (AvgIpc) is 2.28. The second-order valence-electron chi connectivity index (χ2n) is 2.93. The van der Waals surface area contributed by atoms with Crippen LogP contribution in [0, 0.1) is 0 Å². The topological polar surface area (TPSA) is 64.2 Å². The fourth-order valence-electron chi connectivity index (χ4n) is 1.09. The van der Waals surface area contributed by atoms with Crippen LogP contribution in [-0.4, -0.2) is 21.1 Å². The SMILES string of the molecule is CCN=C(Br)C(=CN)Cc1nccnc1Cl. The van der Waals surface area contributed by atoms with Gasteiger partial charge < -0.3 is 5.73 Å². The molecule has 1 rings (SSSR count). The number of nitrogens with zero attached hydrogens (tertiary/aromatic N) is 3. The number of rotatable bonds is 4. The van der Waals surface area contributed by atoms with Gasteiger partial charge in [0.2, 0.25) is 0 Å². The summed E-state index contributed by atoms with van der Waals surface area (Å²) in [5, 5.41) is 0.388. The zero-order chi connectivity index (χ0) is 12.0. The van der Waals surface area contributed by atoms with Gasteiger partial charge in [-0.2, -0.15) is 0 Å². The van der Waals surface area contributed by atoms with Gasteiger partial charge in [0.05, 0.1) is 5.69 Å². The third kappa shape index (κ3) is 3.57. The van der Waals surface area contributed by atoms with Crippen molar-refractivity contribution in [3.8, 4) is 0 Å². The second kappa shape index (κ2) is 6.60. The van der Waals surface area contributed by atoms with Gasteiger partial charge in [-0.1, -0.05) is 11.6 Å². The van der Waals surface area contributed by atoms with E-state index in [1.807, 2.05) is 6.92 Å². The molecule has 0 amide bonds. The zero-order valence-corrected chi connectivity index (χ0v) is 11.2. The van der Waals surface area contributed by atoms with E-state index in [1.165, 1.54) is 6.20 Å². The lowest BCUT2D eigenvalue weighted by atomic mass is 10.2. The minimum atomic E-state index is 0.388. The number of aliphatic imine (C=N–C) groups is 1. The van der Waals surface area contributed by atoms with E-state index in [9.17, 15) is 0 Å². The number of halogens is 2. The van der Waals surface area contributed by atoms with Crippen molar-refractivity contribution in [2.45, 2.75) is 13.3 Å². The third-order valence-electron chi connectivity index (χ3n) is 1.84. The highest BCUT2D eigenvalue weighted by molar-refractivity contribution is 9.18. The Hall–Kier alpha value is -0.940. The Labute approximate surface area is 108 Å². The van der Waals surface area contributed by atoms with Crippen LogP contribution in [-0.2, 0) is 6.42 Å². The van der Waals surface area contributed by atoms with Gasteiger partial charge in [-0.3, -0.25) is 9.98 Å². The summed E-state index contributed by atoms with van der Waals surface area (Å²) in [6, 6.07) is 0. The molecule has 0 aliphatic heterocycles. The molecule has 0 atom stereocenters. The molecule has 16 heavy (non-hydrogen) atoms. The Kier molecular flexibility index (Phi) is 5.42. The van der Waals surface area contributed by atoms with Gasteiger partial charge >= 0.3 is 0 Å². The summed E-state index contributed by atoms with van der Waals surface area (Å²) >= 11 is 9.27. The highest BCUT2D eigenvalue weighted by Gasteiger charge is 2.09. The van der Waals surface area contributed by atoms with E-state index in [0.717, 1.165) is 10.2 Å². The minimum Gasteiger partial charge on any atom is -0.404 e. The van der Waals surface area contributed by atoms with Gasteiger partial charge in [0.1, 0.15) is 4.62 Å². The molecule has 2 N–H and O–H groups in total. The van der Waals surface area contributed by atoms with E-state index >= 15 is 0 Å². The van der Waals surface area contributed by atoms with Crippen LogP contribution in [0.1, 0.15) is 12.6 Å². The van der Waals surface area contributed by atoms with E-state index in [4.69, 9.17) is 17.3 Å². The standard InChI is InChI=1S/C10H12BrClN4/c1-2-14-9(11)7(6-13)5-8-10(12)16-4-3-15-8/h3-4,6H,2,5,13H2,1H3. The van der Waals surface area contributed by atoms with E-state index in [0.29, 0.717) is 23.8 Å². The molecule has 0 aliphatic rings. The van der Waals surface area contributed by atoms with Crippen LogP contribution in [0.2, 0.25) is 5.15 Å². The number of aromatic nitrogens is 2. The number of allylic oxidation sites excluding steroid dienone is 1. The second-order valence-corrected chi connectivity index (χ2v) is 4.04. The first-order valence-corrected chi connectivity index (χ1v) is 5.92. The van der Waals surface area contributed by atoms with E-state index in [2.05, 4.69) is 30.9 Å². The van der Waals surface area contributed by atoms with Gasteiger partial charge in [-0.05, 0) is 22.9 Å². The number of nitrogens with two attached hydrogens (primary N) is 1. The first-order valence-electron chi connectivity index (χ1n) is 4.75. The molecule has 0 aromatic carbocycles. The zero-order valence-electron chi connectivity index (χ0n) is 8.82. The van der Waals surface area contributed by atoms with E-state index < -0.39 is 0 Å². The third-order valence-corrected chi connectivity index (χ3v) is 2.92. The predicted molar refractivity (Wildman–Crippen MR) is 69.9 cm³/mol. The van der Waals surface area contributed by atoms with Crippen molar-refractivity contribution in [1.82, 2.24) is 9.97 Å². The largest absolute Gasteiger partial charge is 0.404 e. The molecule has 0 saturated heterocycles. The van der Waals surface area contributed by atoms with Crippen LogP contribution in [0.4, 0.5) is 0 Å². The maximum absolute atomic E-state index is 5.91. The molecule has 0 spiro atoms. The molecule has 1 aromatic heterocycles. The van der Waals surface area contributed by atoms with Crippen LogP contribution >= 0.6 is 27.5 Å². The average molecular weight is 304 g/mol. The molecule has 86 valence electrons. The monoisotopic (exact) mass is 302 g/mol. The van der Waals surface area contributed by atoms with Gasteiger partial charge in [-0.15, -0.1) is 0 Å². The van der Waals surface area contributed by atoms with Crippen molar-refractivity contribution in [3.63, 3.8) is 0 Å². The Bertz CT molecular complexity index is 417. The minimum absolute atomic E-state index is 0.388. The highest BCUT2D eigenvalue weighted by Crippen LogP contribution is 2.16. The number of hydrogen-bond acceptors (Lipinski definition) is 4.